The second-order valence-electron chi connectivity index (χ2n) is 3.52. The summed E-state index contributed by atoms with van der Waals surface area (Å²) in [4.78, 5) is 1.76. The molecule has 3 nitrogen and oxygen atoms in total. The molecule has 0 aromatic heterocycles. The molecule has 0 atom stereocenters. The third kappa shape index (κ3) is 3.18. The molecule has 1 N–H and O–H groups in total. The van der Waals surface area contributed by atoms with Crippen molar-refractivity contribution in [1.82, 2.24) is 0 Å². The monoisotopic (exact) mass is 227 g/mol. The number of anilines is 1. The van der Waals surface area contributed by atoms with Crippen LogP contribution in [0.1, 0.15) is 12.5 Å². The summed E-state index contributed by atoms with van der Waals surface area (Å²) in [6, 6.07) is 4.71. The first-order chi connectivity index (χ1) is 7.70. The zero-order chi connectivity index (χ0) is 12.0. The van der Waals surface area contributed by atoms with Crippen LogP contribution in [0.2, 0.25) is 0 Å². The molecule has 0 heterocycles. The minimum Gasteiger partial charge on any atom is -0.392 e. The fraction of sp³-hybridized carbons (Fsp3) is 0.500. The highest BCUT2D eigenvalue weighted by molar-refractivity contribution is 5.54. The van der Waals surface area contributed by atoms with Crippen LogP contribution in [-0.4, -0.2) is 31.9 Å². The SMILES string of the molecule is CCOCCN(C)c1c(F)cccc1CO. The second kappa shape index (κ2) is 6.45. The van der Waals surface area contributed by atoms with E-state index in [2.05, 4.69) is 0 Å². The van der Waals surface area contributed by atoms with Crippen LogP contribution in [0.5, 0.6) is 0 Å². The predicted molar refractivity (Wildman–Crippen MR) is 62.1 cm³/mol. The van der Waals surface area contributed by atoms with Crippen molar-refractivity contribution < 1.29 is 14.2 Å². The van der Waals surface area contributed by atoms with E-state index in [9.17, 15) is 4.39 Å². The van der Waals surface area contributed by atoms with Gasteiger partial charge in [0.15, 0.2) is 0 Å². The number of hydrogen-bond donors (Lipinski definition) is 1. The first kappa shape index (κ1) is 12.9. The predicted octanol–water partition coefficient (Wildman–Crippen LogP) is 1.79. The Morgan fingerprint density at radius 1 is 1.44 bits per heavy atom. The highest BCUT2D eigenvalue weighted by Gasteiger charge is 2.11. The summed E-state index contributed by atoms with van der Waals surface area (Å²) in [6.45, 7) is 3.56. The summed E-state index contributed by atoms with van der Waals surface area (Å²) in [6.07, 6.45) is 0. The number of hydrogen-bond acceptors (Lipinski definition) is 3. The Hall–Kier alpha value is -1.13. The van der Waals surface area contributed by atoms with Crippen LogP contribution in [0, 0.1) is 5.82 Å². The molecule has 0 aliphatic heterocycles. The summed E-state index contributed by atoms with van der Waals surface area (Å²) in [5.41, 5.74) is 1.05. The lowest BCUT2D eigenvalue weighted by atomic mass is 10.1. The molecule has 0 aliphatic rings. The van der Waals surface area contributed by atoms with E-state index in [4.69, 9.17) is 9.84 Å². The smallest absolute Gasteiger partial charge is 0.146 e. The molecule has 1 rings (SSSR count). The van der Waals surface area contributed by atoms with Gasteiger partial charge >= 0.3 is 0 Å². The number of benzene rings is 1. The number of aliphatic hydroxyl groups excluding tert-OH is 1. The second-order valence-corrected chi connectivity index (χ2v) is 3.52. The molecular weight excluding hydrogens is 209 g/mol. The normalized spacial score (nSPS) is 10.5. The number of ether oxygens (including phenoxy) is 1. The number of aliphatic hydroxyl groups is 1. The van der Waals surface area contributed by atoms with Crippen molar-refractivity contribution in [1.29, 1.82) is 0 Å². The lowest BCUT2D eigenvalue weighted by Crippen LogP contribution is -2.24. The molecule has 0 unspecified atom stereocenters. The van der Waals surface area contributed by atoms with Gasteiger partial charge in [0, 0.05) is 25.8 Å². The minimum atomic E-state index is -0.314. The van der Waals surface area contributed by atoms with Gasteiger partial charge in [-0.25, -0.2) is 4.39 Å². The highest BCUT2D eigenvalue weighted by atomic mass is 19.1. The third-order valence-electron chi connectivity index (χ3n) is 2.40. The van der Waals surface area contributed by atoms with Crippen LogP contribution < -0.4 is 4.90 Å². The van der Waals surface area contributed by atoms with Crippen molar-refractivity contribution in [3.05, 3.63) is 29.6 Å². The molecule has 0 spiro atoms. The summed E-state index contributed by atoms with van der Waals surface area (Å²) in [7, 11) is 1.79. The van der Waals surface area contributed by atoms with Crippen LogP contribution in [0.3, 0.4) is 0 Å². The van der Waals surface area contributed by atoms with Gasteiger partial charge < -0.3 is 14.7 Å². The molecule has 0 aliphatic carbocycles. The van der Waals surface area contributed by atoms with Gasteiger partial charge in [0.25, 0.3) is 0 Å². The van der Waals surface area contributed by atoms with Crippen molar-refractivity contribution in [2.24, 2.45) is 0 Å². The molecule has 1 aromatic rings. The van der Waals surface area contributed by atoms with Gasteiger partial charge in [-0.1, -0.05) is 12.1 Å². The Morgan fingerprint density at radius 3 is 2.81 bits per heavy atom. The molecular formula is C12H18FNO2. The van der Waals surface area contributed by atoms with E-state index in [1.54, 1.807) is 24.1 Å². The van der Waals surface area contributed by atoms with Crippen molar-refractivity contribution in [3.8, 4) is 0 Å². The molecule has 90 valence electrons. The minimum absolute atomic E-state index is 0.161. The van der Waals surface area contributed by atoms with Crippen molar-refractivity contribution in [2.45, 2.75) is 13.5 Å². The van der Waals surface area contributed by atoms with Gasteiger partial charge in [-0.15, -0.1) is 0 Å². The van der Waals surface area contributed by atoms with Crippen LogP contribution in [0.25, 0.3) is 0 Å². The Kier molecular flexibility index (Phi) is 5.22. The van der Waals surface area contributed by atoms with Gasteiger partial charge in [0.1, 0.15) is 5.82 Å². The number of para-hydroxylation sites is 1. The lowest BCUT2D eigenvalue weighted by Gasteiger charge is -2.22. The first-order valence-corrected chi connectivity index (χ1v) is 5.37. The summed E-state index contributed by atoms with van der Waals surface area (Å²) >= 11 is 0. The average molecular weight is 227 g/mol. The van der Waals surface area contributed by atoms with Crippen molar-refractivity contribution >= 4 is 5.69 Å². The van der Waals surface area contributed by atoms with Gasteiger partial charge in [-0.2, -0.15) is 0 Å². The number of nitrogens with zero attached hydrogens (tertiary/aromatic N) is 1. The Morgan fingerprint density at radius 2 is 2.19 bits per heavy atom. The van der Waals surface area contributed by atoms with Crippen LogP contribution in [0.4, 0.5) is 10.1 Å². The third-order valence-corrected chi connectivity index (χ3v) is 2.40. The Balaban J connectivity index is 2.76. The van der Waals surface area contributed by atoms with Crippen LogP contribution >= 0.6 is 0 Å². The van der Waals surface area contributed by atoms with E-state index in [1.807, 2.05) is 6.92 Å². The van der Waals surface area contributed by atoms with Crippen LogP contribution in [-0.2, 0) is 11.3 Å². The molecule has 0 fully saturated rings. The lowest BCUT2D eigenvalue weighted by molar-refractivity contribution is 0.154. The van der Waals surface area contributed by atoms with E-state index >= 15 is 0 Å². The highest BCUT2D eigenvalue weighted by Crippen LogP contribution is 2.23. The first-order valence-electron chi connectivity index (χ1n) is 5.37. The summed E-state index contributed by atoms with van der Waals surface area (Å²) in [5.74, 6) is -0.314. The van der Waals surface area contributed by atoms with Gasteiger partial charge in [-0.05, 0) is 13.0 Å². The molecule has 4 heteroatoms. The van der Waals surface area contributed by atoms with E-state index in [-0.39, 0.29) is 12.4 Å². The maximum atomic E-state index is 13.6. The number of likely N-dealkylation sites (N-methyl/N-ethyl adjacent to an activating group) is 1. The number of rotatable bonds is 6. The van der Waals surface area contributed by atoms with E-state index in [1.165, 1.54) is 6.07 Å². The molecule has 0 bridgehead atoms. The molecule has 0 radical (unpaired) electrons. The molecule has 16 heavy (non-hydrogen) atoms. The zero-order valence-corrected chi connectivity index (χ0v) is 9.74. The standard InChI is InChI=1S/C12H18FNO2/c1-3-16-8-7-14(2)12-10(9-15)5-4-6-11(12)13/h4-6,15H,3,7-9H2,1-2H3. The van der Waals surface area contributed by atoms with Crippen molar-refractivity contribution in [2.75, 3.05) is 31.7 Å². The summed E-state index contributed by atoms with van der Waals surface area (Å²) in [5, 5.41) is 9.14. The van der Waals surface area contributed by atoms with E-state index < -0.39 is 0 Å². The topological polar surface area (TPSA) is 32.7 Å². The van der Waals surface area contributed by atoms with Crippen molar-refractivity contribution in [3.63, 3.8) is 0 Å². The maximum absolute atomic E-state index is 13.6. The van der Waals surface area contributed by atoms with E-state index in [0.29, 0.717) is 31.0 Å². The fourth-order valence-electron chi connectivity index (χ4n) is 1.57. The largest absolute Gasteiger partial charge is 0.392 e. The summed E-state index contributed by atoms with van der Waals surface area (Å²) < 4.78 is 18.8. The maximum Gasteiger partial charge on any atom is 0.146 e. The average Bonchev–Trinajstić information content (AvgIpc) is 2.28. The van der Waals surface area contributed by atoms with Gasteiger partial charge in [0.05, 0.1) is 18.9 Å². The Labute approximate surface area is 95.5 Å². The Bertz CT molecular complexity index is 331. The van der Waals surface area contributed by atoms with Crippen LogP contribution in [0.15, 0.2) is 18.2 Å². The zero-order valence-electron chi connectivity index (χ0n) is 9.74. The molecule has 0 amide bonds. The quantitative estimate of drug-likeness (QED) is 0.752. The fourth-order valence-corrected chi connectivity index (χ4v) is 1.57. The molecule has 1 aromatic carbocycles. The van der Waals surface area contributed by atoms with E-state index in [0.717, 1.165) is 0 Å². The van der Waals surface area contributed by atoms with Gasteiger partial charge in [-0.3, -0.25) is 0 Å². The van der Waals surface area contributed by atoms with Gasteiger partial charge in [0.2, 0.25) is 0 Å². The molecule has 0 saturated heterocycles. The number of halogens is 1. The molecule has 0 saturated carbocycles.